The van der Waals surface area contributed by atoms with E-state index >= 15 is 0 Å². The first-order valence-corrected chi connectivity index (χ1v) is 9.09. The zero-order valence-corrected chi connectivity index (χ0v) is 15.3. The van der Waals surface area contributed by atoms with Crippen LogP contribution in [0, 0.1) is 18.8 Å². The van der Waals surface area contributed by atoms with Crippen LogP contribution in [0.15, 0.2) is 41.3 Å². The number of esters is 1. The van der Waals surface area contributed by atoms with Crippen LogP contribution in [0.25, 0.3) is 5.65 Å². The molecule has 4 rings (SSSR count). The first-order chi connectivity index (χ1) is 13.4. The van der Waals surface area contributed by atoms with Crippen LogP contribution in [0.3, 0.4) is 0 Å². The Balaban J connectivity index is 1.42. The second-order valence-electron chi connectivity index (χ2n) is 7.10. The van der Waals surface area contributed by atoms with Crippen molar-refractivity contribution in [1.29, 1.82) is 0 Å². The first-order valence-electron chi connectivity index (χ1n) is 9.09. The fraction of sp³-hybridized carbons (Fsp3) is 0.350. The maximum Gasteiger partial charge on any atom is 0.326 e. The third-order valence-corrected chi connectivity index (χ3v) is 5.13. The van der Waals surface area contributed by atoms with Gasteiger partial charge in [-0.15, -0.1) is 0 Å². The van der Waals surface area contributed by atoms with E-state index in [9.17, 15) is 19.2 Å². The Morgan fingerprint density at radius 1 is 1.14 bits per heavy atom. The SMILES string of the molecule is Cc1ccc2nc(COC(=O)CN3C(=O)C4CC=CCC4C3=O)cc(=O)n2c1. The van der Waals surface area contributed by atoms with Gasteiger partial charge in [-0.3, -0.25) is 28.5 Å². The fourth-order valence-corrected chi connectivity index (χ4v) is 3.69. The molecule has 2 atom stereocenters. The summed E-state index contributed by atoms with van der Waals surface area (Å²) in [6, 6.07) is 4.84. The zero-order chi connectivity index (χ0) is 19.8. The number of amides is 2. The lowest BCUT2D eigenvalue weighted by Crippen LogP contribution is -2.36. The molecule has 0 spiro atoms. The van der Waals surface area contributed by atoms with Crippen LogP contribution in [0.1, 0.15) is 24.1 Å². The number of ether oxygens (including phenoxy) is 1. The van der Waals surface area contributed by atoms with Crippen molar-refractivity contribution in [2.75, 3.05) is 6.54 Å². The first kappa shape index (κ1) is 18.1. The number of fused-ring (bicyclic) bond motifs is 2. The number of hydrogen-bond donors (Lipinski definition) is 0. The maximum absolute atomic E-state index is 12.4. The molecule has 1 aliphatic carbocycles. The van der Waals surface area contributed by atoms with E-state index in [2.05, 4.69) is 4.98 Å². The van der Waals surface area contributed by atoms with Crippen molar-refractivity contribution >= 4 is 23.4 Å². The van der Waals surface area contributed by atoms with E-state index in [1.807, 2.05) is 25.1 Å². The van der Waals surface area contributed by atoms with Gasteiger partial charge >= 0.3 is 5.97 Å². The normalized spacial score (nSPS) is 21.2. The molecule has 0 N–H and O–H groups in total. The number of imide groups is 1. The second kappa shape index (κ2) is 7.03. The van der Waals surface area contributed by atoms with E-state index in [1.54, 1.807) is 12.3 Å². The quantitative estimate of drug-likeness (QED) is 0.445. The Labute approximate surface area is 160 Å². The number of carbonyl (C=O) groups is 3. The van der Waals surface area contributed by atoms with Crippen LogP contribution in [0.5, 0.6) is 0 Å². The molecule has 8 nitrogen and oxygen atoms in total. The molecule has 1 aliphatic heterocycles. The van der Waals surface area contributed by atoms with Crippen molar-refractivity contribution in [3.63, 3.8) is 0 Å². The molecule has 8 heteroatoms. The minimum atomic E-state index is -0.709. The summed E-state index contributed by atoms with van der Waals surface area (Å²) in [6.45, 7) is 1.24. The van der Waals surface area contributed by atoms with Crippen LogP contribution in [-0.2, 0) is 25.7 Å². The summed E-state index contributed by atoms with van der Waals surface area (Å²) in [5.74, 6) is -2.12. The summed E-state index contributed by atoms with van der Waals surface area (Å²) in [4.78, 5) is 54.4. The predicted molar refractivity (Wildman–Crippen MR) is 98.1 cm³/mol. The molecule has 144 valence electrons. The fourth-order valence-electron chi connectivity index (χ4n) is 3.69. The molecule has 1 fully saturated rings. The number of nitrogens with zero attached hydrogens (tertiary/aromatic N) is 3. The van der Waals surface area contributed by atoms with Crippen molar-refractivity contribution < 1.29 is 19.1 Å². The van der Waals surface area contributed by atoms with Gasteiger partial charge in [0.05, 0.1) is 17.5 Å². The Bertz CT molecular complexity index is 1050. The molecule has 1 saturated heterocycles. The van der Waals surface area contributed by atoms with E-state index < -0.39 is 12.5 Å². The lowest BCUT2D eigenvalue weighted by atomic mass is 9.85. The smallest absolute Gasteiger partial charge is 0.326 e. The highest BCUT2D eigenvalue weighted by molar-refractivity contribution is 6.07. The molecule has 2 aromatic heterocycles. The number of hydrogen-bond acceptors (Lipinski definition) is 6. The predicted octanol–water partition coefficient (Wildman–Crippen LogP) is 0.997. The molecule has 2 amide bonds. The van der Waals surface area contributed by atoms with Crippen molar-refractivity contribution in [2.24, 2.45) is 11.8 Å². The average molecular weight is 381 g/mol. The van der Waals surface area contributed by atoms with Gasteiger partial charge in [-0.2, -0.15) is 0 Å². The highest BCUT2D eigenvalue weighted by Gasteiger charge is 2.47. The van der Waals surface area contributed by atoms with Crippen molar-refractivity contribution in [3.8, 4) is 0 Å². The molecule has 28 heavy (non-hydrogen) atoms. The number of rotatable bonds is 4. The monoisotopic (exact) mass is 381 g/mol. The summed E-state index contributed by atoms with van der Waals surface area (Å²) in [6.07, 6.45) is 6.49. The molecular formula is C20H19N3O5. The van der Waals surface area contributed by atoms with Crippen LogP contribution in [0.2, 0.25) is 0 Å². The van der Waals surface area contributed by atoms with Crippen LogP contribution in [0.4, 0.5) is 0 Å². The number of likely N-dealkylation sites (tertiary alicyclic amines) is 1. The number of pyridine rings is 1. The van der Waals surface area contributed by atoms with E-state index in [0.717, 1.165) is 10.5 Å². The van der Waals surface area contributed by atoms with Crippen molar-refractivity contribution in [1.82, 2.24) is 14.3 Å². The van der Waals surface area contributed by atoms with Gasteiger partial charge in [0.1, 0.15) is 18.8 Å². The second-order valence-corrected chi connectivity index (χ2v) is 7.10. The van der Waals surface area contributed by atoms with E-state index in [-0.39, 0.29) is 35.8 Å². The van der Waals surface area contributed by atoms with E-state index in [4.69, 9.17) is 4.74 Å². The number of carbonyl (C=O) groups excluding carboxylic acids is 3. The Morgan fingerprint density at radius 2 is 1.82 bits per heavy atom. The summed E-state index contributed by atoms with van der Waals surface area (Å²) in [7, 11) is 0. The molecule has 2 aliphatic rings. The minimum Gasteiger partial charge on any atom is -0.458 e. The Morgan fingerprint density at radius 3 is 2.50 bits per heavy atom. The molecule has 3 heterocycles. The maximum atomic E-state index is 12.4. The summed E-state index contributed by atoms with van der Waals surface area (Å²) < 4.78 is 6.57. The summed E-state index contributed by atoms with van der Waals surface area (Å²) in [5.41, 5.74) is 1.40. The highest BCUT2D eigenvalue weighted by Crippen LogP contribution is 2.34. The Kier molecular flexibility index (Phi) is 4.54. The van der Waals surface area contributed by atoms with Crippen molar-refractivity contribution in [3.05, 3.63) is 58.2 Å². The molecular weight excluding hydrogens is 362 g/mol. The molecule has 0 aromatic carbocycles. The minimum absolute atomic E-state index is 0.205. The number of allylic oxidation sites excluding steroid dienone is 2. The van der Waals surface area contributed by atoms with Gasteiger partial charge in [0.15, 0.2) is 0 Å². The molecule has 0 saturated carbocycles. The molecule has 2 unspecified atom stereocenters. The summed E-state index contributed by atoms with van der Waals surface area (Å²) >= 11 is 0. The number of aryl methyl sites for hydroxylation is 1. The van der Waals surface area contributed by atoms with Gasteiger partial charge in [-0.25, -0.2) is 4.98 Å². The van der Waals surface area contributed by atoms with Crippen molar-refractivity contribution in [2.45, 2.75) is 26.4 Å². The van der Waals surface area contributed by atoms with Crippen LogP contribution in [-0.4, -0.2) is 38.6 Å². The van der Waals surface area contributed by atoms with Gasteiger partial charge in [-0.1, -0.05) is 18.2 Å². The third-order valence-electron chi connectivity index (χ3n) is 5.13. The van der Waals surface area contributed by atoms with Gasteiger partial charge < -0.3 is 4.74 Å². The number of aromatic nitrogens is 2. The van der Waals surface area contributed by atoms with Crippen LogP contribution >= 0.6 is 0 Å². The van der Waals surface area contributed by atoms with E-state index in [0.29, 0.717) is 24.2 Å². The third kappa shape index (κ3) is 3.21. The highest BCUT2D eigenvalue weighted by atomic mass is 16.5. The largest absolute Gasteiger partial charge is 0.458 e. The lowest BCUT2D eigenvalue weighted by Gasteiger charge is -2.14. The van der Waals surface area contributed by atoms with Gasteiger partial charge in [-0.05, 0) is 31.4 Å². The molecule has 2 aromatic rings. The summed E-state index contributed by atoms with van der Waals surface area (Å²) in [5, 5.41) is 0. The van der Waals surface area contributed by atoms with Gasteiger partial charge in [0.25, 0.3) is 5.56 Å². The molecule has 0 bridgehead atoms. The van der Waals surface area contributed by atoms with Gasteiger partial charge in [0.2, 0.25) is 11.8 Å². The Hall–Kier alpha value is -3.29. The van der Waals surface area contributed by atoms with E-state index in [1.165, 1.54) is 10.5 Å². The van der Waals surface area contributed by atoms with Crippen LogP contribution < -0.4 is 5.56 Å². The topological polar surface area (TPSA) is 98.0 Å². The average Bonchev–Trinajstić information content (AvgIpc) is 2.92. The lowest BCUT2D eigenvalue weighted by molar-refractivity contribution is -0.153. The van der Waals surface area contributed by atoms with Gasteiger partial charge in [0, 0.05) is 12.3 Å². The molecule has 0 radical (unpaired) electrons. The standard InChI is InChI=1S/C20H19N3O5/c1-12-6-7-16-21-13(8-17(24)22(16)9-12)11-28-18(25)10-23-19(26)14-4-2-3-5-15(14)20(23)27/h2-3,6-9,14-15H,4-5,10-11H2,1H3. The zero-order valence-electron chi connectivity index (χ0n) is 15.3.